The molecule has 1 fully saturated rings. The Morgan fingerprint density at radius 2 is 1.95 bits per heavy atom. The summed E-state index contributed by atoms with van der Waals surface area (Å²) < 4.78 is 10.5. The summed E-state index contributed by atoms with van der Waals surface area (Å²) >= 11 is 0. The summed E-state index contributed by atoms with van der Waals surface area (Å²) in [6.45, 7) is 7.51. The maximum atomic E-state index is 11.7. The second-order valence-electron chi connectivity index (χ2n) is 6.43. The number of nitrogens with zero attached hydrogens (tertiary/aromatic N) is 1. The van der Waals surface area contributed by atoms with Gasteiger partial charge in [0.2, 0.25) is 0 Å². The van der Waals surface area contributed by atoms with E-state index in [1.54, 1.807) is 14.2 Å². The lowest BCUT2D eigenvalue weighted by Crippen LogP contribution is -2.47. The minimum absolute atomic E-state index is 0.164. The number of ether oxygens (including phenoxy) is 2. The minimum atomic E-state index is -0.164. The molecule has 20 heavy (non-hydrogen) atoms. The average molecular weight is 285 g/mol. The molecule has 0 saturated heterocycles. The van der Waals surface area contributed by atoms with Crippen molar-refractivity contribution < 1.29 is 14.3 Å². The van der Waals surface area contributed by atoms with E-state index in [2.05, 4.69) is 18.7 Å². The molecule has 0 aromatic heterocycles. The van der Waals surface area contributed by atoms with Gasteiger partial charge in [0.25, 0.3) is 0 Å². The van der Waals surface area contributed by atoms with E-state index in [4.69, 9.17) is 9.47 Å². The first-order chi connectivity index (χ1) is 9.56. The molecule has 1 aliphatic carbocycles. The van der Waals surface area contributed by atoms with Crippen LogP contribution >= 0.6 is 0 Å². The molecule has 1 saturated carbocycles. The highest BCUT2D eigenvalue weighted by Crippen LogP contribution is 2.38. The van der Waals surface area contributed by atoms with Crippen LogP contribution in [0.15, 0.2) is 0 Å². The molecule has 0 aromatic rings. The van der Waals surface area contributed by atoms with Crippen LogP contribution in [0.4, 0.5) is 0 Å². The van der Waals surface area contributed by atoms with Crippen LogP contribution in [0.5, 0.6) is 0 Å². The minimum Gasteiger partial charge on any atom is -0.383 e. The van der Waals surface area contributed by atoms with Gasteiger partial charge in [0, 0.05) is 38.8 Å². The van der Waals surface area contributed by atoms with Crippen molar-refractivity contribution in [2.45, 2.75) is 45.6 Å². The number of carbonyl (C=O) groups is 1. The monoisotopic (exact) mass is 285 g/mol. The standard InChI is InChI=1S/C16H31NO3/c1-14-5-7-16(13-18,8-6-14)12-17(9-10-19-3)15(2)11-20-4/h13-15H,5-12H2,1-4H3. The summed E-state index contributed by atoms with van der Waals surface area (Å²) in [6.07, 6.45) is 5.56. The lowest BCUT2D eigenvalue weighted by Gasteiger charge is -2.40. The van der Waals surface area contributed by atoms with Crippen LogP contribution in [0.1, 0.15) is 39.5 Å². The number of rotatable bonds is 9. The second-order valence-corrected chi connectivity index (χ2v) is 6.43. The van der Waals surface area contributed by atoms with E-state index in [0.29, 0.717) is 19.3 Å². The molecular weight excluding hydrogens is 254 g/mol. The topological polar surface area (TPSA) is 38.8 Å². The Labute approximate surface area is 123 Å². The van der Waals surface area contributed by atoms with E-state index in [1.807, 2.05) is 0 Å². The van der Waals surface area contributed by atoms with E-state index >= 15 is 0 Å². The molecule has 1 atom stereocenters. The Hall–Kier alpha value is -0.450. The van der Waals surface area contributed by atoms with Crippen LogP contribution in [-0.4, -0.2) is 57.8 Å². The number of aldehydes is 1. The van der Waals surface area contributed by atoms with Crippen molar-refractivity contribution in [3.8, 4) is 0 Å². The van der Waals surface area contributed by atoms with E-state index in [1.165, 1.54) is 6.29 Å². The molecule has 1 rings (SSSR count). The molecule has 1 unspecified atom stereocenters. The van der Waals surface area contributed by atoms with Crippen molar-refractivity contribution in [3.05, 3.63) is 0 Å². The smallest absolute Gasteiger partial charge is 0.127 e. The molecule has 118 valence electrons. The fourth-order valence-electron chi connectivity index (χ4n) is 3.07. The van der Waals surface area contributed by atoms with E-state index in [0.717, 1.165) is 44.7 Å². The van der Waals surface area contributed by atoms with Gasteiger partial charge in [0.15, 0.2) is 0 Å². The Morgan fingerprint density at radius 1 is 1.30 bits per heavy atom. The molecular formula is C16H31NO3. The zero-order chi connectivity index (χ0) is 15.0. The summed E-state index contributed by atoms with van der Waals surface area (Å²) in [5.41, 5.74) is -0.164. The van der Waals surface area contributed by atoms with Gasteiger partial charge in [0.1, 0.15) is 6.29 Å². The van der Waals surface area contributed by atoms with Crippen LogP contribution in [0.2, 0.25) is 0 Å². The lowest BCUT2D eigenvalue weighted by molar-refractivity contribution is -0.120. The molecule has 0 bridgehead atoms. The van der Waals surface area contributed by atoms with Crippen LogP contribution in [-0.2, 0) is 14.3 Å². The zero-order valence-corrected chi connectivity index (χ0v) is 13.6. The fraction of sp³-hybridized carbons (Fsp3) is 0.938. The van der Waals surface area contributed by atoms with Gasteiger partial charge >= 0.3 is 0 Å². The molecule has 0 aromatic carbocycles. The third-order valence-electron chi connectivity index (χ3n) is 4.65. The average Bonchev–Trinajstić information content (AvgIpc) is 2.46. The van der Waals surface area contributed by atoms with Gasteiger partial charge in [0.05, 0.1) is 13.2 Å². The van der Waals surface area contributed by atoms with Gasteiger partial charge in [-0.2, -0.15) is 0 Å². The van der Waals surface area contributed by atoms with Gasteiger partial charge in [-0.25, -0.2) is 0 Å². The highest BCUT2D eigenvalue weighted by Gasteiger charge is 2.36. The van der Waals surface area contributed by atoms with Crippen LogP contribution in [0, 0.1) is 11.3 Å². The van der Waals surface area contributed by atoms with Crippen LogP contribution in [0.3, 0.4) is 0 Å². The van der Waals surface area contributed by atoms with Crippen LogP contribution < -0.4 is 0 Å². The number of methoxy groups -OCH3 is 2. The van der Waals surface area contributed by atoms with E-state index < -0.39 is 0 Å². The largest absolute Gasteiger partial charge is 0.383 e. The maximum absolute atomic E-state index is 11.7. The summed E-state index contributed by atoms with van der Waals surface area (Å²) in [5, 5.41) is 0. The van der Waals surface area contributed by atoms with Crippen LogP contribution in [0.25, 0.3) is 0 Å². The maximum Gasteiger partial charge on any atom is 0.127 e. The molecule has 0 amide bonds. The van der Waals surface area contributed by atoms with Crippen molar-refractivity contribution in [2.24, 2.45) is 11.3 Å². The Balaban J connectivity index is 2.67. The third kappa shape index (κ3) is 5.15. The molecule has 0 spiro atoms. The first-order valence-electron chi connectivity index (χ1n) is 7.75. The second kappa shape index (κ2) is 8.75. The fourth-order valence-corrected chi connectivity index (χ4v) is 3.07. The highest BCUT2D eigenvalue weighted by molar-refractivity contribution is 5.60. The summed E-state index contributed by atoms with van der Waals surface area (Å²) in [5.74, 6) is 0.756. The Bertz CT molecular complexity index is 275. The number of carbonyl (C=O) groups excluding carboxylic acids is 1. The number of hydrogen-bond acceptors (Lipinski definition) is 4. The quantitative estimate of drug-likeness (QED) is 0.610. The zero-order valence-electron chi connectivity index (χ0n) is 13.6. The molecule has 4 nitrogen and oxygen atoms in total. The highest BCUT2D eigenvalue weighted by atomic mass is 16.5. The van der Waals surface area contributed by atoms with Crippen molar-refractivity contribution >= 4 is 6.29 Å². The first kappa shape index (κ1) is 17.6. The number of hydrogen-bond donors (Lipinski definition) is 0. The predicted molar refractivity (Wildman–Crippen MR) is 80.9 cm³/mol. The molecule has 0 aliphatic heterocycles. The van der Waals surface area contributed by atoms with E-state index in [9.17, 15) is 4.79 Å². The normalized spacial score (nSPS) is 28.6. The Kier molecular flexibility index (Phi) is 7.70. The molecule has 0 heterocycles. The van der Waals surface area contributed by atoms with Gasteiger partial charge in [-0.15, -0.1) is 0 Å². The van der Waals surface area contributed by atoms with Crippen molar-refractivity contribution in [3.63, 3.8) is 0 Å². The van der Waals surface area contributed by atoms with Gasteiger partial charge in [-0.05, 0) is 38.5 Å². The molecule has 4 heteroatoms. The Morgan fingerprint density at radius 3 is 2.45 bits per heavy atom. The first-order valence-corrected chi connectivity index (χ1v) is 7.75. The van der Waals surface area contributed by atoms with Gasteiger partial charge in [-0.1, -0.05) is 6.92 Å². The molecule has 0 N–H and O–H groups in total. The van der Waals surface area contributed by atoms with Crippen molar-refractivity contribution in [2.75, 3.05) is 40.5 Å². The summed E-state index contributed by atoms with van der Waals surface area (Å²) in [4.78, 5) is 14.0. The van der Waals surface area contributed by atoms with Gasteiger partial charge in [-0.3, -0.25) is 4.90 Å². The summed E-state index contributed by atoms with van der Waals surface area (Å²) in [7, 11) is 3.44. The van der Waals surface area contributed by atoms with Crippen molar-refractivity contribution in [1.29, 1.82) is 0 Å². The molecule has 1 aliphatic rings. The summed E-state index contributed by atoms with van der Waals surface area (Å²) in [6, 6.07) is 0.311. The van der Waals surface area contributed by atoms with Gasteiger partial charge < -0.3 is 14.3 Å². The molecule has 0 radical (unpaired) electrons. The van der Waals surface area contributed by atoms with Crippen molar-refractivity contribution in [1.82, 2.24) is 4.90 Å². The SMILES string of the molecule is COCCN(CC1(C=O)CCC(C)CC1)C(C)COC. The predicted octanol–water partition coefficient (Wildman–Crippen LogP) is 2.37. The lowest BCUT2D eigenvalue weighted by atomic mass is 9.71. The van der Waals surface area contributed by atoms with E-state index in [-0.39, 0.29) is 5.41 Å². The third-order valence-corrected chi connectivity index (χ3v) is 4.65.